The minimum absolute atomic E-state index is 0.273. The number of alkyl halides is 3. The lowest BCUT2D eigenvalue weighted by Gasteiger charge is -2.24. The van der Waals surface area contributed by atoms with Gasteiger partial charge in [0.15, 0.2) is 0 Å². The van der Waals surface area contributed by atoms with Crippen molar-refractivity contribution >= 4 is 52.0 Å². The summed E-state index contributed by atoms with van der Waals surface area (Å²) in [4.78, 5) is 12.9. The minimum Gasteiger partial charge on any atom is -0.340 e. The molecule has 1 atom stereocenters. The Hall–Kier alpha value is -0.740. The van der Waals surface area contributed by atoms with Gasteiger partial charge in [0.1, 0.15) is 6.04 Å². The number of carbonyl (C=O) groups is 1. The van der Waals surface area contributed by atoms with E-state index in [9.17, 15) is 4.79 Å². The summed E-state index contributed by atoms with van der Waals surface area (Å²) < 4.78 is -1.60. The predicted molar refractivity (Wildman–Crippen MR) is 81.3 cm³/mol. The number of nitrogens with one attached hydrogen (secondary N) is 1. The molecule has 1 amide bonds. The van der Waals surface area contributed by atoms with E-state index in [2.05, 4.69) is 5.32 Å². The summed E-state index contributed by atoms with van der Waals surface area (Å²) in [5.41, 5.74) is 0.526. The third-order valence-electron chi connectivity index (χ3n) is 2.47. The number of thiophene rings is 1. The molecule has 19 heavy (non-hydrogen) atoms. The Kier molecular flexibility index (Phi) is 4.74. The summed E-state index contributed by atoms with van der Waals surface area (Å²) in [6.45, 7) is 0. The molecule has 1 unspecified atom stereocenters. The van der Waals surface area contributed by atoms with Gasteiger partial charge in [-0.1, -0.05) is 59.1 Å². The number of carbonyl (C=O) groups excluding carboxylic acids is 1. The molecule has 0 bridgehead atoms. The zero-order chi connectivity index (χ0) is 13.9. The topological polar surface area (TPSA) is 29.1 Å². The summed E-state index contributed by atoms with van der Waals surface area (Å²) in [5, 5.41) is 4.62. The summed E-state index contributed by atoms with van der Waals surface area (Å²) in [6, 6.07) is 11.8. The third-order valence-corrected chi connectivity index (χ3v) is 4.06. The first kappa shape index (κ1) is 14.7. The first-order valence-electron chi connectivity index (χ1n) is 5.44. The average molecular weight is 335 g/mol. The third kappa shape index (κ3) is 3.86. The van der Waals surface area contributed by atoms with Crippen LogP contribution < -0.4 is 5.32 Å². The Morgan fingerprint density at radius 1 is 1.11 bits per heavy atom. The summed E-state index contributed by atoms with van der Waals surface area (Å²) >= 11 is 19.3. The van der Waals surface area contributed by atoms with E-state index in [-0.39, 0.29) is 5.91 Å². The van der Waals surface area contributed by atoms with Crippen LogP contribution in [0.25, 0.3) is 0 Å². The molecule has 0 fully saturated rings. The fraction of sp³-hybridized carbons (Fsp3) is 0.154. The first-order chi connectivity index (χ1) is 8.98. The highest BCUT2D eigenvalue weighted by Gasteiger charge is 2.36. The molecule has 100 valence electrons. The largest absolute Gasteiger partial charge is 0.340 e. The van der Waals surface area contributed by atoms with Crippen LogP contribution >= 0.6 is 46.1 Å². The standard InChI is InChI=1S/C13H10Cl3NOS/c14-13(15,16)11(10-7-4-8-19-10)17-12(18)9-5-2-1-3-6-9/h1-8,11H,(H,17,18). The van der Waals surface area contributed by atoms with Crippen LogP contribution in [0.3, 0.4) is 0 Å². The highest BCUT2D eigenvalue weighted by molar-refractivity contribution is 7.10. The molecule has 0 aliphatic heterocycles. The molecule has 0 spiro atoms. The summed E-state index contributed by atoms with van der Waals surface area (Å²) in [5.74, 6) is -0.273. The van der Waals surface area contributed by atoms with Gasteiger partial charge in [-0.15, -0.1) is 11.3 Å². The SMILES string of the molecule is O=C(NC(c1cccs1)C(Cl)(Cl)Cl)c1ccccc1. The van der Waals surface area contributed by atoms with Crippen molar-refractivity contribution in [3.8, 4) is 0 Å². The van der Waals surface area contributed by atoms with Gasteiger partial charge in [0, 0.05) is 10.4 Å². The average Bonchev–Trinajstić information content (AvgIpc) is 2.88. The van der Waals surface area contributed by atoms with Gasteiger partial charge in [0.25, 0.3) is 5.91 Å². The van der Waals surface area contributed by atoms with E-state index in [0.717, 1.165) is 4.88 Å². The molecule has 0 aliphatic rings. The number of hydrogen-bond acceptors (Lipinski definition) is 2. The van der Waals surface area contributed by atoms with Crippen LogP contribution in [0.2, 0.25) is 0 Å². The van der Waals surface area contributed by atoms with Crippen LogP contribution in [0.15, 0.2) is 47.8 Å². The molecule has 0 saturated carbocycles. The Bertz CT molecular complexity index is 537. The second-order valence-electron chi connectivity index (χ2n) is 3.83. The lowest BCUT2D eigenvalue weighted by molar-refractivity contribution is 0.0937. The predicted octanol–water partition coefficient (Wildman–Crippen LogP) is 4.59. The molecule has 2 nitrogen and oxygen atoms in total. The van der Waals surface area contributed by atoms with E-state index in [1.165, 1.54) is 11.3 Å². The molecule has 2 rings (SSSR count). The van der Waals surface area contributed by atoms with Crippen molar-refractivity contribution < 1.29 is 4.79 Å². The van der Waals surface area contributed by atoms with Crippen molar-refractivity contribution in [1.29, 1.82) is 0 Å². The Labute approximate surface area is 130 Å². The van der Waals surface area contributed by atoms with E-state index in [0.29, 0.717) is 5.56 Å². The molecule has 1 aromatic heterocycles. The van der Waals surface area contributed by atoms with Gasteiger partial charge in [-0.2, -0.15) is 0 Å². The van der Waals surface area contributed by atoms with E-state index in [1.807, 2.05) is 23.6 Å². The monoisotopic (exact) mass is 333 g/mol. The van der Waals surface area contributed by atoms with Crippen molar-refractivity contribution in [3.63, 3.8) is 0 Å². The van der Waals surface area contributed by atoms with Crippen molar-refractivity contribution in [3.05, 3.63) is 58.3 Å². The molecule has 6 heteroatoms. The number of rotatable bonds is 3. The van der Waals surface area contributed by atoms with Crippen molar-refractivity contribution in [2.75, 3.05) is 0 Å². The minimum atomic E-state index is -1.60. The van der Waals surface area contributed by atoms with Crippen molar-refractivity contribution in [1.82, 2.24) is 5.32 Å². The zero-order valence-electron chi connectivity index (χ0n) is 9.65. The van der Waals surface area contributed by atoms with E-state index in [1.54, 1.807) is 24.3 Å². The molecule has 0 saturated heterocycles. The highest BCUT2D eigenvalue weighted by Crippen LogP contribution is 2.41. The normalized spacial score (nSPS) is 13.0. The highest BCUT2D eigenvalue weighted by atomic mass is 35.6. The van der Waals surface area contributed by atoms with Crippen LogP contribution in [0.1, 0.15) is 21.3 Å². The molecule has 0 radical (unpaired) electrons. The molecule has 1 heterocycles. The number of amides is 1. The summed E-state index contributed by atoms with van der Waals surface area (Å²) in [7, 11) is 0. The molecular weight excluding hydrogens is 325 g/mol. The summed E-state index contributed by atoms with van der Waals surface area (Å²) in [6.07, 6.45) is 0. The maximum atomic E-state index is 12.1. The van der Waals surface area contributed by atoms with Gasteiger partial charge < -0.3 is 5.32 Å². The van der Waals surface area contributed by atoms with Crippen molar-refractivity contribution in [2.45, 2.75) is 9.83 Å². The number of hydrogen-bond donors (Lipinski definition) is 1. The first-order valence-corrected chi connectivity index (χ1v) is 7.46. The van der Waals surface area contributed by atoms with Crippen LogP contribution in [0, 0.1) is 0 Å². The lowest BCUT2D eigenvalue weighted by Crippen LogP contribution is -2.35. The maximum Gasteiger partial charge on any atom is 0.251 e. The van der Waals surface area contributed by atoms with Gasteiger partial charge in [-0.05, 0) is 23.6 Å². The number of halogens is 3. The van der Waals surface area contributed by atoms with Crippen LogP contribution in [-0.2, 0) is 0 Å². The van der Waals surface area contributed by atoms with E-state index < -0.39 is 9.83 Å². The van der Waals surface area contributed by atoms with Gasteiger partial charge in [0.2, 0.25) is 3.79 Å². The molecule has 2 aromatic rings. The Balaban J connectivity index is 2.21. The second kappa shape index (κ2) is 6.14. The van der Waals surface area contributed by atoms with Gasteiger partial charge >= 0.3 is 0 Å². The van der Waals surface area contributed by atoms with E-state index in [4.69, 9.17) is 34.8 Å². The molecule has 1 aromatic carbocycles. The molecule has 1 N–H and O–H groups in total. The zero-order valence-corrected chi connectivity index (χ0v) is 12.7. The maximum absolute atomic E-state index is 12.1. The van der Waals surface area contributed by atoms with Gasteiger partial charge in [0.05, 0.1) is 0 Å². The van der Waals surface area contributed by atoms with E-state index >= 15 is 0 Å². The lowest BCUT2D eigenvalue weighted by atomic mass is 10.2. The van der Waals surface area contributed by atoms with Gasteiger partial charge in [-0.25, -0.2) is 0 Å². The molecular formula is C13H10Cl3NOS. The van der Waals surface area contributed by atoms with Gasteiger partial charge in [-0.3, -0.25) is 4.79 Å². The fourth-order valence-corrected chi connectivity index (χ4v) is 3.13. The van der Waals surface area contributed by atoms with Crippen LogP contribution in [-0.4, -0.2) is 9.70 Å². The van der Waals surface area contributed by atoms with Crippen molar-refractivity contribution in [2.24, 2.45) is 0 Å². The van der Waals surface area contributed by atoms with Crippen LogP contribution in [0.4, 0.5) is 0 Å². The van der Waals surface area contributed by atoms with Crippen LogP contribution in [0.5, 0.6) is 0 Å². The number of benzene rings is 1. The molecule has 0 aliphatic carbocycles. The smallest absolute Gasteiger partial charge is 0.251 e. The fourth-order valence-electron chi connectivity index (χ4n) is 1.57. The Morgan fingerprint density at radius 2 is 1.79 bits per heavy atom. The Morgan fingerprint density at radius 3 is 2.32 bits per heavy atom. The second-order valence-corrected chi connectivity index (χ2v) is 7.18. The quantitative estimate of drug-likeness (QED) is 0.817.